The van der Waals surface area contributed by atoms with E-state index in [2.05, 4.69) is 101 Å². The number of ether oxygens (including phenoxy) is 2. The molecule has 2 aromatic heterocycles. The highest BCUT2D eigenvalue weighted by atomic mass is 16.5. The first-order valence-corrected chi connectivity index (χ1v) is 17.7. The average molecular weight is 681 g/mol. The highest BCUT2D eigenvalue weighted by molar-refractivity contribution is 5.62. The topological polar surface area (TPSA) is 60.6 Å². The lowest BCUT2D eigenvalue weighted by atomic mass is 10.2. The van der Waals surface area contributed by atoms with Crippen LogP contribution in [0.5, 0.6) is 5.75 Å². The molecule has 0 saturated carbocycles. The van der Waals surface area contributed by atoms with Crippen molar-refractivity contribution in [2.45, 2.75) is 53.5 Å². The lowest BCUT2D eigenvalue weighted by Gasteiger charge is -2.33. The quantitative estimate of drug-likeness (QED) is 0.145. The molecule has 3 heterocycles. The van der Waals surface area contributed by atoms with Crippen molar-refractivity contribution in [1.82, 2.24) is 24.5 Å². The molecule has 1 aliphatic rings. The molecule has 1 aliphatic heterocycles. The molecular weight excluding hydrogens is 621 g/mol. The van der Waals surface area contributed by atoms with Gasteiger partial charge in [0.1, 0.15) is 12.4 Å². The van der Waals surface area contributed by atoms with Gasteiger partial charge in [0.05, 0.1) is 25.6 Å². The van der Waals surface area contributed by atoms with E-state index < -0.39 is 0 Å². The Labute approximate surface area is 302 Å². The second-order valence-corrected chi connectivity index (χ2v) is 11.9. The van der Waals surface area contributed by atoms with Gasteiger partial charge in [0.25, 0.3) is 0 Å². The Kier molecular flexibility index (Phi) is 21.0. The van der Waals surface area contributed by atoms with Crippen molar-refractivity contribution in [2.75, 3.05) is 44.4 Å². The van der Waals surface area contributed by atoms with E-state index in [1.54, 1.807) is 15.4 Å². The summed E-state index contributed by atoms with van der Waals surface area (Å²) in [5.41, 5.74) is 4.94. The number of rotatable bonds is 9. The Morgan fingerprint density at radius 2 is 1.22 bits per heavy atom. The van der Waals surface area contributed by atoms with Gasteiger partial charge < -0.3 is 14.4 Å². The van der Waals surface area contributed by atoms with E-state index in [1.165, 1.54) is 22.5 Å². The summed E-state index contributed by atoms with van der Waals surface area (Å²) in [7, 11) is 3.82. The number of para-hydroxylation sites is 3. The number of aryl methyl sites for hydroxylation is 4. The first-order valence-electron chi connectivity index (χ1n) is 17.7. The molecule has 0 N–H and O–H groups in total. The van der Waals surface area contributed by atoms with Gasteiger partial charge in [0.15, 0.2) is 0 Å². The number of hydrogen-bond donors (Lipinski definition) is 0. The van der Waals surface area contributed by atoms with Gasteiger partial charge in [0, 0.05) is 63.5 Å². The third-order valence-electron chi connectivity index (χ3n) is 7.47. The van der Waals surface area contributed by atoms with Crippen molar-refractivity contribution in [3.63, 3.8) is 0 Å². The summed E-state index contributed by atoms with van der Waals surface area (Å²) >= 11 is 0. The fourth-order valence-corrected chi connectivity index (χ4v) is 5.07. The molecule has 5 aromatic rings. The van der Waals surface area contributed by atoms with Crippen LogP contribution in [-0.2, 0) is 18.8 Å². The van der Waals surface area contributed by atoms with E-state index in [0.717, 1.165) is 58.0 Å². The summed E-state index contributed by atoms with van der Waals surface area (Å²) in [4.78, 5) is 4.81. The smallest absolute Gasteiger partial charge is 0.119 e. The van der Waals surface area contributed by atoms with Crippen LogP contribution in [-0.4, -0.2) is 70.0 Å². The number of aromatic nitrogens is 4. The van der Waals surface area contributed by atoms with Crippen LogP contribution in [0.15, 0.2) is 128 Å². The second-order valence-electron chi connectivity index (χ2n) is 11.9. The minimum atomic E-state index is 0.499. The SMILES string of the molecule is C=CC.CCC(COc1ccccc1)N1CCOCC1.CCCN(c1ccccc1)c1ccccc1.Cc1cnn(C)c1.Cc1cnn(C)c1. The van der Waals surface area contributed by atoms with E-state index in [1.807, 2.05) is 90.0 Å². The lowest BCUT2D eigenvalue weighted by Crippen LogP contribution is -2.45. The fourth-order valence-electron chi connectivity index (χ4n) is 5.07. The Bertz CT molecular complexity index is 1400. The first kappa shape index (κ1) is 41.5. The van der Waals surface area contributed by atoms with Crippen LogP contribution in [0.3, 0.4) is 0 Å². The molecule has 270 valence electrons. The predicted molar refractivity (Wildman–Crippen MR) is 210 cm³/mol. The van der Waals surface area contributed by atoms with E-state index in [-0.39, 0.29) is 0 Å². The Morgan fingerprint density at radius 1 is 0.780 bits per heavy atom. The largest absolute Gasteiger partial charge is 0.492 e. The second kappa shape index (κ2) is 25.3. The summed E-state index contributed by atoms with van der Waals surface area (Å²) in [6.45, 7) is 19.3. The number of hydrogen-bond acceptors (Lipinski definition) is 6. The van der Waals surface area contributed by atoms with Crippen LogP contribution < -0.4 is 9.64 Å². The summed E-state index contributed by atoms with van der Waals surface area (Å²) in [6.07, 6.45) is 11.6. The van der Waals surface area contributed by atoms with Crippen molar-refractivity contribution in [1.29, 1.82) is 0 Å². The fraction of sp³-hybridized carbons (Fsp3) is 0.381. The van der Waals surface area contributed by atoms with Crippen LogP contribution in [0, 0.1) is 13.8 Å². The molecule has 0 aliphatic carbocycles. The Hall–Kier alpha value is -4.66. The summed E-state index contributed by atoms with van der Waals surface area (Å²) in [5.74, 6) is 0.958. The van der Waals surface area contributed by atoms with Crippen molar-refractivity contribution < 1.29 is 9.47 Å². The zero-order valence-electron chi connectivity index (χ0n) is 31.5. The number of allylic oxidation sites excluding steroid dienone is 1. The molecule has 1 saturated heterocycles. The first-order chi connectivity index (χ1) is 24.3. The third kappa shape index (κ3) is 17.1. The van der Waals surface area contributed by atoms with E-state index in [0.29, 0.717) is 6.04 Å². The zero-order chi connectivity index (χ0) is 36.4. The Morgan fingerprint density at radius 3 is 1.56 bits per heavy atom. The predicted octanol–water partition coefficient (Wildman–Crippen LogP) is 9.06. The summed E-state index contributed by atoms with van der Waals surface area (Å²) in [6, 6.07) is 31.6. The maximum Gasteiger partial charge on any atom is 0.119 e. The minimum absolute atomic E-state index is 0.499. The number of anilines is 2. The van der Waals surface area contributed by atoms with Gasteiger partial charge in [-0.2, -0.15) is 10.2 Å². The highest BCUT2D eigenvalue weighted by Gasteiger charge is 2.19. The van der Waals surface area contributed by atoms with Gasteiger partial charge in [-0.05, 0) is 81.1 Å². The van der Waals surface area contributed by atoms with Crippen molar-refractivity contribution in [3.05, 3.63) is 140 Å². The zero-order valence-corrected chi connectivity index (χ0v) is 31.5. The Balaban J connectivity index is 0.000000240. The van der Waals surface area contributed by atoms with Crippen LogP contribution in [0.25, 0.3) is 0 Å². The van der Waals surface area contributed by atoms with Crippen LogP contribution >= 0.6 is 0 Å². The monoisotopic (exact) mass is 680 g/mol. The van der Waals surface area contributed by atoms with Gasteiger partial charge in [-0.15, -0.1) is 6.58 Å². The van der Waals surface area contributed by atoms with E-state index in [9.17, 15) is 0 Å². The van der Waals surface area contributed by atoms with Crippen molar-refractivity contribution in [3.8, 4) is 5.75 Å². The van der Waals surface area contributed by atoms with Gasteiger partial charge in [0.2, 0.25) is 0 Å². The highest BCUT2D eigenvalue weighted by Crippen LogP contribution is 2.24. The maximum atomic E-state index is 5.83. The van der Waals surface area contributed by atoms with Gasteiger partial charge >= 0.3 is 0 Å². The maximum absolute atomic E-state index is 5.83. The van der Waals surface area contributed by atoms with Gasteiger partial charge in [-0.25, -0.2) is 0 Å². The third-order valence-corrected chi connectivity index (χ3v) is 7.47. The molecule has 1 fully saturated rings. The number of nitrogens with zero attached hydrogens (tertiary/aromatic N) is 6. The minimum Gasteiger partial charge on any atom is -0.492 e. The number of morpholine rings is 1. The van der Waals surface area contributed by atoms with Crippen LogP contribution in [0.1, 0.15) is 44.7 Å². The summed E-state index contributed by atoms with van der Waals surface area (Å²) < 4.78 is 14.8. The molecular formula is C42H60N6O2. The molecule has 0 amide bonds. The van der Waals surface area contributed by atoms with E-state index >= 15 is 0 Å². The van der Waals surface area contributed by atoms with E-state index in [4.69, 9.17) is 9.47 Å². The standard InChI is InChI=1S/C15H17N.C14H21NO2.2C5H8N2.C3H6/c1-2-13-16(14-9-5-3-6-10-14)15-11-7-4-8-12-15;1-2-13(15-8-10-16-11-9-15)12-17-14-6-4-3-5-7-14;2*1-5-3-6-7(2)4-5;1-3-2/h3-12H,2,13H2,1H3;3-7,13H,2,8-12H2,1H3;2*3-4H,1-2H3;3H,1H2,2H3. The lowest BCUT2D eigenvalue weighted by molar-refractivity contribution is 0.00516. The van der Waals surface area contributed by atoms with Crippen molar-refractivity contribution in [2.24, 2.45) is 14.1 Å². The molecule has 8 heteroatoms. The molecule has 0 spiro atoms. The molecule has 6 rings (SSSR count). The normalized spacial score (nSPS) is 12.5. The molecule has 3 aromatic carbocycles. The molecule has 1 unspecified atom stereocenters. The van der Waals surface area contributed by atoms with Crippen LogP contribution in [0.4, 0.5) is 11.4 Å². The average Bonchev–Trinajstić information content (AvgIpc) is 3.74. The van der Waals surface area contributed by atoms with Crippen LogP contribution in [0.2, 0.25) is 0 Å². The molecule has 0 bridgehead atoms. The van der Waals surface area contributed by atoms with Gasteiger partial charge in [-0.1, -0.05) is 74.5 Å². The molecule has 50 heavy (non-hydrogen) atoms. The molecule has 1 atom stereocenters. The molecule has 8 nitrogen and oxygen atoms in total. The van der Waals surface area contributed by atoms with Crippen molar-refractivity contribution >= 4 is 11.4 Å². The van der Waals surface area contributed by atoms with Gasteiger partial charge in [-0.3, -0.25) is 14.3 Å². The number of benzene rings is 3. The summed E-state index contributed by atoms with van der Waals surface area (Å²) in [5, 5.41) is 7.87. The molecule has 0 radical (unpaired) electrons.